The molecule has 0 bridgehead atoms. The number of aromatic nitrogens is 4. The molecule has 240 valence electrons. The third-order valence-corrected chi connectivity index (χ3v) is 12.1. The minimum Gasteiger partial charge on any atom is -0.341 e. The quantitative estimate of drug-likeness (QED) is 0.164. The molecule has 0 saturated carbocycles. The van der Waals surface area contributed by atoms with E-state index in [9.17, 15) is 0 Å². The molecule has 0 spiro atoms. The van der Waals surface area contributed by atoms with Crippen LogP contribution in [0.15, 0.2) is 121 Å². The second-order valence-corrected chi connectivity index (χ2v) is 14.9. The van der Waals surface area contributed by atoms with Gasteiger partial charge in [-0.25, -0.2) is 9.97 Å². The summed E-state index contributed by atoms with van der Waals surface area (Å²) >= 11 is 3.51. The molecule has 10 rings (SSSR count). The first-order valence-corrected chi connectivity index (χ1v) is 18.8. The average molecular weight is 681 g/mol. The molecule has 0 aliphatic carbocycles. The van der Waals surface area contributed by atoms with E-state index >= 15 is 0 Å². The van der Waals surface area contributed by atoms with Crippen LogP contribution >= 0.6 is 22.7 Å². The Morgan fingerprint density at radius 3 is 1.30 bits per heavy atom. The second-order valence-electron chi connectivity index (χ2n) is 12.8. The van der Waals surface area contributed by atoms with Gasteiger partial charge >= 0.3 is 0 Å². The molecule has 0 N–H and O–H groups in total. The van der Waals surface area contributed by atoms with Gasteiger partial charge < -0.3 is 9.13 Å². The molecule has 4 aromatic heterocycles. The van der Waals surface area contributed by atoms with E-state index in [0.717, 1.165) is 34.1 Å². The lowest BCUT2D eigenvalue weighted by molar-refractivity contribution is 0.827. The Hall–Kier alpha value is -5.56. The van der Waals surface area contributed by atoms with E-state index < -0.39 is 0 Å². The summed E-state index contributed by atoms with van der Waals surface area (Å²) in [7, 11) is 0. The molecule has 0 unspecified atom stereocenters. The average Bonchev–Trinajstić information content (AvgIpc) is 3.93. The maximum atomic E-state index is 4.95. The SMILES string of the molecule is CCn1c2ccc(/C=C/c3ccc4c(c3)c3cc(-c5nc6ccccc6s5)ccc3n4CC)cc2c2cc(-c3nc4ccccc4s3)ccc21. The first-order chi connectivity index (χ1) is 24.6. The number of benzene rings is 6. The predicted octanol–water partition coefficient (Wildman–Crippen LogP) is 12.7. The summed E-state index contributed by atoms with van der Waals surface area (Å²) in [6, 6.07) is 44.1. The summed E-state index contributed by atoms with van der Waals surface area (Å²) in [6.07, 6.45) is 4.50. The second kappa shape index (κ2) is 11.5. The monoisotopic (exact) mass is 680 g/mol. The fourth-order valence-electron chi connectivity index (χ4n) is 7.58. The summed E-state index contributed by atoms with van der Waals surface area (Å²) in [6.45, 7) is 6.28. The van der Waals surface area contributed by atoms with Crippen LogP contribution in [-0.2, 0) is 13.1 Å². The number of aryl methyl sites for hydroxylation is 2. The highest BCUT2D eigenvalue weighted by Gasteiger charge is 2.15. The molecule has 0 amide bonds. The Kier molecular flexibility index (Phi) is 6.76. The zero-order chi connectivity index (χ0) is 33.3. The highest BCUT2D eigenvalue weighted by atomic mass is 32.1. The minimum absolute atomic E-state index is 0.918. The molecule has 0 fully saturated rings. The lowest BCUT2D eigenvalue weighted by Gasteiger charge is -2.04. The van der Waals surface area contributed by atoms with Crippen LogP contribution in [0.25, 0.3) is 97.3 Å². The number of fused-ring (bicyclic) bond motifs is 8. The van der Waals surface area contributed by atoms with E-state index in [1.54, 1.807) is 22.7 Å². The number of rotatable bonds is 6. The van der Waals surface area contributed by atoms with E-state index in [1.165, 1.54) is 75.3 Å². The summed E-state index contributed by atoms with van der Waals surface area (Å²) in [4.78, 5) is 9.90. The Balaban J connectivity index is 1.04. The van der Waals surface area contributed by atoms with Gasteiger partial charge in [0.25, 0.3) is 0 Å². The van der Waals surface area contributed by atoms with Crippen molar-refractivity contribution < 1.29 is 0 Å². The topological polar surface area (TPSA) is 35.6 Å². The van der Waals surface area contributed by atoms with Crippen molar-refractivity contribution in [1.82, 2.24) is 19.1 Å². The molecule has 4 nitrogen and oxygen atoms in total. The van der Waals surface area contributed by atoms with E-state index in [-0.39, 0.29) is 0 Å². The van der Waals surface area contributed by atoms with E-state index in [0.29, 0.717) is 0 Å². The zero-order valence-electron chi connectivity index (χ0n) is 27.7. The lowest BCUT2D eigenvalue weighted by Crippen LogP contribution is -1.92. The van der Waals surface area contributed by atoms with E-state index in [4.69, 9.17) is 9.97 Å². The normalized spacial score (nSPS) is 12.3. The van der Waals surface area contributed by atoms with Crippen LogP contribution < -0.4 is 0 Å². The Morgan fingerprint density at radius 1 is 0.480 bits per heavy atom. The van der Waals surface area contributed by atoms with Crippen molar-refractivity contribution in [1.29, 1.82) is 0 Å². The van der Waals surface area contributed by atoms with Crippen LogP contribution in [-0.4, -0.2) is 19.1 Å². The van der Waals surface area contributed by atoms with Crippen LogP contribution in [0.3, 0.4) is 0 Å². The number of hydrogen-bond acceptors (Lipinski definition) is 4. The van der Waals surface area contributed by atoms with Gasteiger partial charge in [0.2, 0.25) is 0 Å². The Morgan fingerprint density at radius 2 is 0.880 bits per heavy atom. The van der Waals surface area contributed by atoms with Gasteiger partial charge in [0, 0.05) is 67.8 Å². The first kappa shape index (κ1) is 29.4. The summed E-state index contributed by atoms with van der Waals surface area (Å²) < 4.78 is 7.27. The molecule has 50 heavy (non-hydrogen) atoms. The van der Waals surface area contributed by atoms with Crippen molar-refractivity contribution in [2.24, 2.45) is 0 Å². The number of para-hydroxylation sites is 2. The number of hydrogen-bond donors (Lipinski definition) is 0. The zero-order valence-corrected chi connectivity index (χ0v) is 29.4. The molecule has 10 aromatic rings. The highest BCUT2D eigenvalue weighted by Crippen LogP contribution is 2.38. The molecule has 0 aliphatic heterocycles. The van der Waals surface area contributed by atoms with Crippen molar-refractivity contribution in [2.75, 3.05) is 0 Å². The number of thiazole rings is 2. The molecule has 0 atom stereocenters. The maximum Gasteiger partial charge on any atom is 0.124 e. The smallest absolute Gasteiger partial charge is 0.124 e. The summed E-state index contributed by atoms with van der Waals surface area (Å²) in [5, 5.41) is 7.21. The molecule has 0 saturated heterocycles. The largest absolute Gasteiger partial charge is 0.341 e. The van der Waals surface area contributed by atoms with Gasteiger partial charge in [-0.3, -0.25) is 0 Å². The van der Waals surface area contributed by atoms with Gasteiger partial charge in [-0.05, 0) is 110 Å². The van der Waals surface area contributed by atoms with Crippen LogP contribution in [0.1, 0.15) is 25.0 Å². The van der Waals surface area contributed by atoms with E-state index in [2.05, 4.69) is 156 Å². The molecular formula is C44H32N4S2. The van der Waals surface area contributed by atoms with Crippen LogP contribution in [0, 0.1) is 0 Å². The van der Waals surface area contributed by atoms with Crippen LogP contribution in [0.5, 0.6) is 0 Å². The van der Waals surface area contributed by atoms with E-state index in [1.807, 2.05) is 0 Å². The highest BCUT2D eigenvalue weighted by molar-refractivity contribution is 7.22. The lowest BCUT2D eigenvalue weighted by atomic mass is 10.0. The molecule has 6 aromatic carbocycles. The van der Waals surface area contributed by atoms with Crippen LogP contribution in [0.4, 0.5) is 0 Å². The van der Waals surface area contributed by atoms with Crippen molar-refractivity contribution in [2.45, 2.75) is 26.9 Å². The Bertz CT molecular complexity index is 2700. The van der Waals surface area contributed by atoms with Crippen molar-refractivity contribution >= 4 is 98.9 Å². The van der Waals surface area contributed by atoms with Crippen molar-refractivity contribution in [3.05, 3.63) is 132 Å². The Labute approximate surface area is 297 Å². The van der Waals surface area contributed by atoms with Gasteiger partial charge in [0.1, 0.15) is 10.0 Å². The molecule has 4 heterocycles. The summed E-state index contributed by atoms with van der Waals surface area (Å²) in [5.41, 5.74) is 11.9. The van der Waals surface area contributed by atoms with Crippen LogP contribution in [0.2, 0.25) is 0 Å². The molecule has 0 aliphatic rings. The third kappa shape index (κ3) is 4.63. The van der Waals surface area contributed by atoms with Gasteiger partial charge in [-0.15, -0.1) is 22.7 Å². The van der Waals surface area contributed by atoms with Gasteiger partial charge in [0.15, 0.2) is 0 Å². The molecular weight excluding hydrogens is 649 g/mol. The van der Waals surface area contributed by atoms with Gasteiger partial charge in [-0.1, -0.05) is 48.6 Å². The maximum absolute atomic E-state index is 4.95. The standard InChI is InChI=1S/C44H32N4S2/c1-3-47-37-19-15-27(23-31(37)33-25-29(17-21-39(33)47)43-45-35-9-5-7-11-41(35)49-43)13-14-28-16-20-38-32(24-28)34-26-30(18-22-40(34)48(38)4-2)44-46-36-10-6-8-12-42(36)50-44/h5-26H,3-4H2,1-2H3/b14-13+. The third-order valence-electron chi connectivity index (χ3n) is 9.96. The fourth-order valence-corrected chi connectivity index (χ4v) is 9.51. The fraction of sp³-hybridized carbons (Fsp3) is 0.0909. The molecule has 0 radical (unpaired) electrons. The number of nitrogens with zero attached hydrogens (tertiary/aromatic N) is 4. The first-order valence-electron chi connectivity index (χ1n) is 17.2. The van der Waals surface area contributed by atoms with Gasteiger partial charge in [0.05, 0.1) is 20.4 Å². The van der Waals surface area contributed by atoms with Crippen molar-refractivity contribution in [3.8, 4) is 21.1 Å². The molecule has 6 heteroatoms. The minimum atomic E-state index is 0.918. The predicted molar refractivity (Wildman–Crippen MR) is 216 cm³/mol. The van der Waals surface area contributed by atoms with Gasteiger partial charge in [-0.2, -0.15) is 0 Å². The van der Waals surface area contributed by atoms with Crippen molar-refractivity contribution in [3.63, 3.8) is 0 Å². The summed E-state index contributed by atoms with van der Waals surface area (Å²) in [5.74, 6) is 0.